The molecule has 3 saturated heterocycles. The number of piperidine rings is 1. The van der Waals surface area contributed by atoms with Gasteiger partial charge in [0.25, 0.3) is 0 Å². The van der Waals surface area contributed by atoms with Crippen LogP contribution in [0.4, 0.5) is 14.7 Å². The van der Waals surface area contributed by atoms with Gasteiger partial charge in [-0.15, -0.1) is 10.2 Å². The largest absolute Gasteiger partial charge is 1.00 e. The summed E-state index contributed by atoms with van der Waals surface area (Å²) in [5, 5.41) is 10.5. The summed E-state index contributed by atoms with van der Waals surface area (Å²) in [4.78, 5) is 30.0. The number of hydrogen-bond acceptors (Lipinski definition) is 11. The fraction of sp³-hybridized carbons (Fsp3) is 0.765. The maximum atomic E-state index is 12.6. The molecule has 16 heteroatoms. The molecular formula is C17H25N6NaO7S2. The molecule has 0 spiro atoms. The third-order valence-corrected chi connectivity index (χ3v) is 6.84. The van der Waals surface area contributed by atoms with E-state index in [1.165, 1.54) is 16.2 Å². The minimum atomic E-state index is -5.03. The van der Waals surface area contributed by atoms with Gasteiger partial charge in [0.05, 0.1) is 12.1 Å². The summed E-state index contributed by atoms with van der Waals surface area (Å²) < 4.78 is 42.6. The second-order valence-electron chi connectivity index (χ2n) is 8.87. The summed E-state index contributed by atoms with van der Waals surface area (Å²) in [6.45, 7) is 7.88. The van der Waals surface area contributed by atoms with Crippen LogP contribution in [0.1, 0.15) is 44.7 Å². The van der Waals surface area contributed by atoms with Crippen LogP contribution in [0.3, 0.4) is 0 Å². The quantitative estimate of drug-likeness (QED) is 0.250. The van der Waals surface area contributed by atoms with Gasteiger partial charge in [0.1, 0.15) is 10.6 Å². The number of urea groups is 1. The van der Waals surface area contributed by atoms with Gasteiger partial charge in [-0.3, -0.25) is 0 Å². The molecule has 0 aromatic carbocycles. The Morgan fingerprint density at radius 2 is 1.82 bits per heavy atom. The molecule has 0 unspecified atom stereocenters. The van der Waals surface area contributed by atoms with E-state index in [1.54, 1.807) is 4.90 Å². The predicted octanol–water partition coefficient (Wildman–Crippen LogP) is -2.07. The third kappa shape index (κ3) is 6.07. The number of hydrogen-bond donors (Lipinski definition) is 0. The van der Waals surface area contributed by atoms with Crippen molar-refractivity contribution in [1.82, 2.24) is 25.1 Å². The van der Waals surface area contributed by atoms with Crippen molar-refractivity contribution in [3.8, 4) is 0 Å². The second kappa shape index (κ2) is 9.79. The van der Waals surface area contributed by atoms with Gasteiger partial charge in [-0.05, 0) is 33.6 Å². The molecule has 33 heavy (non-hydrogen) atoms. The van der Waals surface area contributed by atoms with Crippen molar-refractivity contribution in [2.24, 2.45) is 0 Å². The van der Waals surface area contributed by atoms with E-state index in [-0.39, 0.29) is 48.2 Å². The van der Waals surface area contributed by atoms with Crippen molar-refractivity contribution in [3.05, 3.63) is 5.01 Å². The third-order valence-electron chi connectivity index (χ3n) is 5.41. The van der Waals surface area contributed by atoms with Crippen LogP contribution in [0.25, 0.3) is 0 Å². The van der Waals surface area contributed by atoms with Crippen molar-refractivity contribution >= 4 is 39.0 Å². The Bertz CT molecular complexity index is 992. The zero-order valence-corrected chi connectivity index (χ0v) is 22.6. The number of aromatic nitrogens is 2. The first kappa shape index (κ1) is 26.4. The monoisotopic (exact) mass is 512 g/mol. The van der Waals surface area contributed by atoms with Crippen LogP contribution in [0.2, 0.25) is 0 Å². The first-order valence-corrected chi connectivity index (χ1v) is 12.4. The molecule has 3 amide bonds. The zero-order chi connectivity index (χ0) is 23.3. The average molecular weight is 513 g/mol. The molecule has 4 rings (SSSR count). The van der Waals surface area contributed by atoms with Crippen LogP contribution in [0.5, 0.6) is 0 Å². The van der Waals surface area contributed by atoms with Crippen molar-refractivity contribution in [1.29, 1.82) is 0 Å². The number of nitrogens with zero attached hydrogens (tertiary/aromatic N) is 6. The molecular weight excluding hydrogens is 487 g/mol. The van der Waals surface area contributed by atoms with Gasteiger partial charge in [-0.2, -0.15) is 9.35 Å². The molecule has 2 atom stereocenters. The van der Waals surface area contributed by atoms with Crippen LogP contribution in [-0.2, 0) is 19.4 Å². The van der Waals surface area contributed by atoms with Crippen LogP contribution in [0.15, 0.2) is 0 Å². The van der Waals surface area contributed by atoms with Crippen LogP contribution in [0, 0.1) is 0 Å². The first-order valence-electron chi connectivity index (χ1n) is 10.2. The number of hydroxylamine groups is 2. The molecule has 0 radical (unpaired) electrons. The zero-order valence-electron chi connectivity index (χ0n) is 19.0. The van der Waals surface area contributed by atoms with Crippen molar-refractivity contribution in [2.45, 2.75) is 51.3 Å². The Morgan fingerprint density at radius 1 is 1.15 bits per heavy atom. The van der Waals surface area contributed by atoms with E-state index in [9.17, 15) is 22.6 Å². The molecule has 13 nitrogen and oxygen atoms in total. The van der Waals surface area contributed by atoms with Gasteiger partial charge in [0.15, 0.2) is 0 Å². The number of ether oxygens (including phenoxy) is 1. The Kier molecular flexibility index (Phi) is 7.83. The summed E-state index contributed by atoms with van der Waals surface area (Å²) >= 11 is 1.36. The smallest absolute Gasteiger partial charge is 0.724 e. The van der Waals surface area contributed by atoms with Gasteiger partial charge in [-0.1, -0.05) is 11.3 Å². The summed E-state index contributed by atoms with van der Waals surface area (Å²) in [5.74, 6) is 0. The normalized spacial score (nSPS) is 23.6. The van der Waals surface area contributed by atoms with Crippen molar-refractivity contribution in [2.75, 3.05) is 37.6 Å². The number of carbonyl (C=O) groups is 2. The number of carbonyl (C=O) groups excluding carboxylic acids is 2. The van der Waals surface area contributed by atoms with E-state index in [1.807, 2.05) is 25.7 Å². The molecule has 1 aromatic heterocycles. The molecule has 0 aliphatic carbocycles. The van der Waals surface area contributed by atoms with Gasteiger partial charge < -0.3 is 24.0 Å². The fourth-order valence-corrected chi connectivity index (χ4v) is 5.41. The number of rotatable bonds is 4. The molecule has 0 saturated carbocycles. The molecule has 3 aliphatic heterocycles. The standard InChI is InChI=1S/C17H26N6O7S2.Na/c1-17(2,3)29-16(25)21-8-6-20(7-9-21)14-19-18-13(31-14)12-5-4-11-10-22(12)15(24)23(11)30-32(26,27)28;/h11-12H,4-10H2,1-3H3,(H,26,27,28);/q;+1/p-1/t11-,12+;/m1./s1. The van der Waals surface area contributed by atoms with E-state index in [0.29, 0.717) is 54.2 Å². The minimum absolute atomic E-state index is 0. The Balaban J connectivity index is 0.00000306. The predicted molar refractivity (Wildman–Crippen MR) is 110 cm³/mol. The Morgan fingerprint density at radius 3 is 2.42 bits per heavy atom. The van der Waals surface area contributed by atoms with E-state index in [2.05, 4.69) is 14.5 Å². The molecule has 4 heterocycles. The van der Waals surface area contributed by atoms with Gasteiger partial charge in [0.2, 0.25) is 15.5 Å². The number of amides is 3. The summed E-state index contributed by atoms with van der Waals surface area (Å²) in [6, 6.07) is -1.52. The number of fused-ring (bicyclic) bond motifs is 2. The molecule has 2 bridgehead atoms. The van der Waals surface area contributed by atoms with Gasteiger partial charge in [0, 0.05) is 32.7 Å². The van der Waals surface area contributed by atoms with Crippen molar-refractivity contribution in [3.63, 3.8) is 0 Å². The van der Waals surface area contributed by atoms with Gasteiger partial charge in [-0.25, -0.2) is 18.0 Å². The maximum Gasteiger partial charge on any atom is 1.00 e. The SMILES string of the molecule is CC(C)(C)OC(=O)N1CCN(c2nnc([C@@H]3CC[C@@H]4CN3C(=O)N4OS(=O)(=O)[O-])s2)CC1.[Na+]. The summed E-state index contributed by atoms with van der Waals surface area (Å²) in [6.07, 6.45) is 0.688. The Labute approximate surface area is 218 Å². The fourth-order valence-electron chi connectivity index (χ4n) is 3.98. The van der Waals surface area contributed by atoms with E-state index < -0.39 is 28.1 Å². The van der Waals surface area contributed by atoms with Crippen LogP contribution >= 0.6 is 11.3 Å². The van der Waals surface area contributed by atoms with Crippen LogP contribution in [-0.4, -0.2) is 94.5 Å². The number of anilines is 1. The first-order chi connectivity index (χ1) is 14.9. The van der Waals surface area contributed by atoms with E-state index >= 15 is 0 Å². The molecule has 3 aliphatic rings. The second-order valence-corrected chi connectivity index (χ2v) is 10.8. The maximum absolute atomic E-state index is 12.6. The topological polar surface area (TPSA) is 149 Å². The Hall–Kier alpha value is -1.23. The molecule has 3 fully saturated rings. The summed E-state index contributed by atoms with van der Waals surface area (Å²) in [7, 11) is -5.03. The van der Waals surface area contributed by atoms with Crippen LogP contribution < -0.4 is 34.5 Å². The van der Waals surface area contributed by atoms with E-state index in [4.69, 9.17) is 4.74 Å². The average Bonchev–Trinajstić information content (AvgIpc) is 3.27. The number of piperazine rings is 1. The van der Waals surface area contributed by atoms with Crippen molar-refractivity contribution < 1.29 is 61.1 Å². The molecule has 1 aromatic rings. The van der Waals surface area contributed by atoms with Gasteiger partial charge >= 0.3 is 41.7 Å². The van der Waals surface area contributed by atoms with E-state index in [0.717, 1.165) is 0 Å². The minimum Gasteiger partial charge on any atom is -0.724 e. The molecule has 178 valence electrons. The molecule has 0 N–H and O–H groups in total. The summed E-state index contributed by atoms with van der Waals surface area (Å²) in [5.41, 5.74) is -0.549.